The van der Waals surface area contributed by atoms with E-state index in [1.807, 2.05) is 6.92 Å². The minimum absolute atomic E-state index is 0.00819. The highest BCUT2D eigenvalue weighted by molar-refractivity contribution is 7.92. The number of hydrogen-bond acceptors (Lipinski definition) is 7. The van der Waals surface area contributed by atoms with Crippen LogP contribution in [0.25, 0.3) is 0 Å². The molecule has 0 saturated carbocycles. The molecule has 0 spiro atoms. The molecule has 0 aliphatic rings. The molecule has 0 aliphatic carbocycles. The molecule has 0 aliphatic heterocycles. The molecule has 9 nitrogen and oxygen atoms in total. The van der Waals surface area contributed by atoms with Crippen molar-refractivity contribution in [1.29, 1.82) is 0 Å². The first-order valence-corrected chi connectivity index (χ1v) is 12.6. The van der Waals surface area contributed by atoms with Crippen molar-refractivity contribution in [3.63, 3.8) is 0 Å². The third kappa shape index (κ3) is 6.82. The predicted molar refractivity (Wildman–Crippen MR) is 118 cm³/mol. The van der Waals surface area contributed by atoms with E-state index in [0.29, 0.717) is 24.7 Å². The van der Waals surface area contributed by atoms with Gasteiger partial charge in [-0.1, -0.05) is 0 Å². The lowest BCUT2D eigenvalue weighted by Crippen LogP contribution is -2.35. The summed E-state index contributed by atoms with van der Waals surface area (Å²) in [5.74, 6) is 0.776. The first kappa shape index (κ1) is 24.9. The number of hydrogen-bond donors (Lipinski definition) is 2. The summed E-state index contributed by atoms with van der Waals surface area (Å²) in [5, 5.41) is 0. The normalized spacial score (nSPS) is 12.9. The van der Waals surface area contributed by atoms with E-state index in [1.54, 1.807) is 13.8 Å². The third-order valence-electron chi connectivity index (χ3n) is 4.01. The van der Waals surface area contributed by atoms with E-state index >= 15 is 0 Å². The Labute approximate surface area is 183 Å². The highest BCUT2D eigenvalue weighted by Crippen LogP contribution is 2.31. The maximum atomic E-state index is 12.8. The summed E-state index contributed by atoms with van der Waals surface area (Å²) in [5.41, 5.74) is 0.218. The molecular formula is C20H28N2O7S2. The lowest BCUT2D eigenvalue weighted by Gasteiger charge is -2.15. The topological polar surface area (TPSA) is 120 Å². The zero-order valence-electron chi connectivity index (χ0n) is 17.9. The van der Waals surface area contributed by atoms with Gasteiger partial charge < -0.3 is 14.2 Å². The molecule has 0 saturated heterocycles. The van der Waals surface area contributed by atoms with E-state index in [1.165, 1.54) is 49.6 Å². The van der Waals surface area contributed by atoms with Crippen LogP contribution >= 0.6 is 0 Å². The van der Waals surface area contributed by atoms with Crippen molar-refractivity contribution < 1.29 is 31.0 Å². The van der Waals surface area contributed by atoms with Crippen LogP contribution in [0.4, 0.5) is 5.69 Å². The second kappa shape index (κ2) is 10.8. The summed E-state index contributed by atoms with van der Waals surface area (Å²) in [6, 6.07) is 9.33. The van der Waals surface area contributed by atoms with Gasteiger partial charge in [0, 0.05) is 24.9 Å². The molecule has 2 aromatic rings. The van der Waals surface area contributed by atoms with E-state index in [2.05, 4.69) is 9.44 Å². The summed E-state index contributed by atoms with van der Waals surface area (Å²) in [6.45, 7) is 6.28. The van der Waals surface area contributed by atoms with Gasteiger partial charge in [-0.25, -0.2) is 21.6 Å². The van der Waals surface area contributed by atoms with Gasteiger partial charge in [-0.05, 0) is 57.2 Å². The van der Waals surface area contributed by atoms with Gasteiger partial charge in [-0.15, -0.1) is 0 Å². The smallest absolute Gasteiger partial charge is 0.262 e. The highest BCUT2D eigenvalue weighted by atomic mass is 32.2. The lowest BCUT2D eigenvalue weighted by molar-refractivity contribution is 0.180. The van der Waals surface area contributed by atoms with Gasteiger partial charge in [-0.2, -0.15) is 0 Å². The van der Waals surface area contributed by atoms with Crippen molar-refractivity contribution in [3.8, 4) is 11.5 Å². The molecule has 0 fully saturated rings. The van der Waals surface area contributed by atoms with Gasteiger partial charge in [0.2, 0.25) is 10.0 Å². The zero-order valence-corrected chi connectivity index (χ0v) is 19.5. The van der Waals surface area contributed by atoms with Crippen molar-refractivity contribution >= 4 is 25.7 Å². The van der Waals surface area contributed by atoms with Crippen molar-refractivity contribution in [2.75, 3.05) is 31.7 Å². The van der Waals surface area contributed by atoms with Crippen LogP contribution in [0.3, 0.4) is 0 Å². The monoisotopic (exact) mass is 472 g/mol. The predicted octanol–water partition coefficient (Wildman–Crippen LogP) is 2.60. The molecule has 0 bridgehead atoms. The van der Waals surface area contributed by atoms with Crippen LogP contribution in [0, 0.1) is 0 Å². The van der Waals surface area contributed by atoms with Gasteiger partial charge in [0.25, 0.3) is 10.0 Å². The van der Waals surface area contributed by atoms with Crippen LogP contribution in [-0.2, 0) is 24.8 Å². The maximum absolute atomic E-state index is 12.8. The molecule has 2 aromatic carbocycles. The number of nitrogens with one attached hydrogen (secondary N) is 2. The standard InChI is InChI=1S/C20H28N2O7S2/c1-5-28-19-12-11-18(13-20(19)29-6-2)31(25,26)22-16-7-9-17(10-8-16)30(23,24)21-15(3)14-27-4/h7-13,15,21-22H,5-6,14H2,1-4H3. The SMILES string of the molecule is CCOc1ccc(S(=O)(=O)Nc2ccc(S(=O)(=O)NC(C)COC)cc2)cc1OCC. The van der Waals surface area contributed by atoms with Crippen LogP contribution < -0.4 is 18.9 Å². The summed E-state index contributed by atoms with van der Waals surface area (Å²) in [4.78, 5) is 0.00394. The molecule has 2 N–H and O–H groups in total. The van der Waals surface area contributed by atoms with Crippen LogP contribution in [0.2, 0.25) is 0 Å². The quantitative estimate of drug-likeness (QED) is 0.487. The Hall–Kier alpha value is -2.34. The van der Waals surface area contributed by atoms with Gasteiger partial charge in [0.1, 0.15) is 0 Å². The van der Waals surface area contributed by atoms with Crippen LogP contribution in [0.15, 0.2) is 52.3 Å². The zero-order chi connectivity index (χ0) is 23.1. The van der Waals surface area contributed by atoms with Gasteiger partial charge in [0.05, 0.1) is 29.6 Å². The first-order valence-electron chi connectivity index (χ1n) is 9.66. The van der Waals surface area contributed by atoms with Crippen LogP contribution in [0.1, 0.15) is 20.8 Å². The molecule has 31 heavy (non-hydrogen) atoms. The molecule has 0 radical (unpaired) electrons. The molecular weight excluding hydrogens is 444 g/mol. The molecule has 0 aromatic heterocycles. The second-order valence-electron chi connectivity index (χ2n) is 6.58. The summed E-state index contributed by atoms with van der Waals surface area (Å²) < 4.78 is 71.1. The highest BCUT2D eigenvalue weighted by Gasteiger charge is 2.20. The Morgan fingerprint density at radius 2 is 1.42 bits per heavy atom. The molecule has 1 unspecified atom stereocenters. The fourth-order valence-corrected chi connectivity index (χ4v) is 5.03. The minimum Gasteiger partial charge on any atom is -0.490 e. The van der Waals surface area contributed by atoms with Crippen molar-refractivity contribution in [2.45, 2.75) is 36.6 Å². The largest absolute Gasteiger partial charge is 0.490 e. The lowest BCUT2D eigenvalue weighted by atomic mass is 10.3. The summed E-state index contributed by atoms with van der Waals surface area (Å²) in [7, 11) is -6.20. The van der Waals surface area contributed by atoms with Crippen molar-refractivity contribution in [1.82, 2.24) is 4.72 Å². The molecule has 2 rings (SSSR count). The Morgan fingerprint density at radius 3 is 2.00 bits per heavy atom. The van der Waals surface area contributed by atoms with Crippen molar-refractivity contribution in [2.24, 2.45) is 0 Å². The average molecular weight is 473 g/mol. The Bertz CT molecular complexity index is 1070. The number of sulfonamides is 2. The fraction of sp³-hybridized carbons (Fsp3) is 0.400. The van der Waals surface area contributed by atoms with Gasteiger partial charge >= 0.3 is 0 Å². The number of anilines is 1. The maximum Gasteiger partial charge on any atom is 0.262 e. The minimum atomic E-state index is -3.93. The second-order valence-corrected chi connectivity index (χ2v) is 9.98. The number of rotatable bonds is 12. The number of ether oxygens (including phenoxy) is 3. The van der Waals surface area contributed by atoms with Crippen LogP contribution in [-0.4, -0.2) is 49.8 Å². The number of benzene rings is 2. The van der Waals surface area contributed by atoms with E-state index in [9.17, 15) is 16.8 Å². The van der Waals surface area contributed by atoms with E-state index in [-0.39, 0.29) is 22.1 Å². The average Bonchev–Trinajstić information content (AvgIpc) is 2.69. The molecule has 0 heterocycles. The molecule has 1 atom stereocenters. The summed E-state index contributed by atoms with van der Waals surface area (Å²) in [6.07, 6.45) is 0. The Morgan fingerprint density at radius 1 is 0.839 bits per heavy atom. The first-order chi connectivity index (χ1) is 14.6. The Kier molecular flexibility index (Phi) is 8.69. The van der Waals surface area contributed by atoms with Gasteiger partial charge in [0.15, 0.2) is 11.5 Å². The molecule has 11 heteroatoms. The molecule has 172 valence electrons. The van der Waals surface area contributed by atoms with E-state index in [4.69, 9.17) is 14.2 Å². The third-order valence-corrected chi connectivity index (χ3v) is 7.00. The fourth-order valence-electron chi connectivity index (χ4n) is 2.73. The number of methoxy groups -OCH3 is 1. The van der Waals surface area contributed by atoms with E-state index < -0.39 is 26.1 Å². The van der Waals surface area contributed by atoms with Crippen LogP contribution in [0.5, 0.6) is 11.5 Å². The summed E-state index contributed by atoms with van der Waals surface area (Å²) >= 11 is 0. The van der Waals surface area contributed by atoms with E-state index in [0.717, 1.165) is 0 Å². The van der Waals surface area contributed by atoms with Crippen molar-refractivity contribution in [3.05, 3.63) is 42.5 Å². The Balaban J connectivity index is 2.21. The molecule has 0 amide bonds. The van der Waals surface area contributed by atoms with Gasteiger partial charge in [-0.3, -0.25) is 4.72 Å².